The molecule has 0 fully saturated rings. The number of rotatable bonds is 7. The zero-order valence-corrected chi connectivity index (χ0v) is 15.8. The fourth-order valence-electron chi connectivity index (χ4n) is 2.28. The van der Waals surface area contributed by atoms with Crippen molar-refractivity contribution in [3.8, 4) is 16.3 Å². The van der Waals surface area contributed by atoms with Gasteiger partial charge in [0, 0.05) is 16.5 Å². The Morgan fingerprint density at radius 2 is 2.27 bits per heavy atom. The molecule has 1 aromatic carbocycles. The van der Waals surface area contributed by atoms with Crippen molar-refractivity contribution in [3.63, 3.8) is 0 Å². The monoisotopic (exact) mass is 388 g/mol. The van der Waals surface area contributed by atoms with Gasteiger partial charge in [-0.15, -0.1) is 22.7 Å². The predicted molar refractivity (Wildman–Crippen MR) is 106 cm³/mol. The number of nitrogens with zero attached hydrogens (tertiary/aromatic N) is 3. The van der Waals surface area contributed by atoms with Gasteiger partial charge in [-0.25, -0.2) is 4.98 Å². The molecule has 0 saturated carbocycles. The molecule has 0 radical (unpaired) electrons. The number of nitrogens with one attached hydrogen (secondary N) is 1. The van der Waals surface area contributed by atoms with Crippen LogP contribution in [0.5, 0.6) is 5.75 Å². The van der Waals surface area contributed by atoms with E-state index < -0.39 is 4.92 Å². The maximum atomic E-state index is 11.2. The molecule has 0 amide bonds. The first-order valence-corrected chi connectivity index (χ1v) is 9.49. The zero-order chi connectivity index (χ0) is 18.5. The molecular formula is C17H16N4O3S2. The summed E-state index contributed by atoms with van der Waals surface area (Å²) in [5.74, 6) is 0.249. The summed E-state index contributed by atoms with van der Waals surface area (Å²) in [6.45, 7) is 4.16. The Bertz CT molecular complexity index is 936. The quantitative estimate of drug-likeness (QED) is 0.352. The highest BCUT2D eigenvalue weighted by Crippen LogP contribution is 2.33. The molecule has 0 bridgehead atoms. The van der Waals surface area contributed by atoms with Gasteiger partial charge in [-0.1, -0.05) is 6.07 Å². The average Bonchev–Trinajstić information content (AvgIpc) is 3.25. The number of thiazole rings is 1. The van der Waals surface area contributed by atoms with Crippen LogP contribution >= 0.6 is 22.7 Å². The first kappa shape index (κ1) is 18.0. The minimum absolute atomic E-state index is 0.0825. The van der Waals surface area contributed by atoms with Gasteiger partial charge in [0.1, 0.15) is 0 Å². The summed E-state index contributed by atoms with van der Waals surface area (Å²) in [6, 6.07) is 8.74. The predicted octanol–water partition coefficient (Wildman–Crippen LogP) is 4.93. The fraction of sp³-hybridized carbons (Fsp3) is 0.176. The lowest BCUT2D eigenvalue weighted by Crippen LogP contribution is -1.99. The number of anilines is 1. The van der Waals surface area contributed by atoms with E-state index in [2.05, 4.69) is 15.5 Å². The van der Waals surface area contributed by atoms with E-state index in [1.807, 2.05) is 24.4 Å². The Labute approximate surface area is 158 Å². The Kier molecular flexibility index (Phi) is 5.59. The molecule has 0 atom stereocenters. The molecule has 0 aliphatic heterocycles. The second kappa shape index (κ2) is 8.07. The highest BCUT2D eigenvalue weighted by Gasteiger charge is 2.15. The maximum Gasteiger partial charge on any atom is 0.311 e. The summed E-state index contributed by atoms with van der Waals surface area (Å²) in [5, 5.41) is 18.0. The molecular weight excluding hydrogens is 372 g/mol. The molecule has 2 aromatic heterocycles. The van der Waals surface area contributed by atoms with Gasteiger partial charge in [-0.2, -0.15) is 5.10 Å². The molecule has 7 nitrogen and oxygen atoms in total. The van der Waals surface area contributed by atoms with E-state index in [1.165, 1.54) is 23.6 Å². The molecule has 134 valence electrons. The Morgan fingerprint density at radius 1 is 1.42 bits per heavy atom. The van der Waals surface area contributed by atoms with Crippen LogP contribution in [0, 0.1) is 17.0 Å². The van der Waals surface area contributed by atoms with Crippen LogP contribution in [0.15, 0.2) is 40.8 Å². The molecule has 0 spiro atoms. The lowest BCUT2D eigenvalue weighted by molar-refractivity contribution is -0.385. The Morgan fingerprint density at radius 3 is 2.96 bits per heavy atom. The normalized spacial score (nSPS) is 11.0. The standard InChI is InChI=1S/C17H16N4O3S2/c1-3-24-14-7-6-12(9-13(14)21(22)23)10-18-20-17-19-16(11(2)26-17)15-5-4-8-25-15/h4-10H,3H2,1-2H3,(H,19,20)/b18-10-. The highest BCUT2D eigenvalue weighted by molar-refractivity contribution is 7.17. The molecule has 9 heteroatoms. The lowest BCUT2D eigenvalue weighted by Gasteiger charge is -2.04. The number of hydrazone groups is 1. The van der Waals surface area contributed by atoms with Gasteiger partial charge in [0.25, 0.3) is 0 Å². The van der Waals surface area contributed by atoms with Crippen LogP contribution in [0.25, 0.3) is 10.6 Å². The summed E-state index contributed by atoms with van der Waals surface area (Å²) < 4.78 is 5.27. The van der Waals surface area contributed by atoms with Crippen LogP contribution in [0.1, 0.15) is 17.4 Å². The minimum atomic E-state index is -0.465. The van der Waals surface area contributed by atoms with Gasteiger partial charge in [0.2, 0.25) is 5.13 Å². The topological polar surface area (TPSA) is 89.7 Å². The first-order chi connectivity index (χ1) is 12.6. The van der Waals surface area contributed by atoms with Crippen LogP contribution in [0.2, 0.25) is 0 Å². The Hall–Kier alpha value is -2.78. The number of thiophene rings is 1. The molecule has 26 heavy (non-hydrogen) atoms. The second-order valence-electron chi connectivity index (χ2n) is 5.19. The summed E-state index contributed by atoms with van der Waals surface area (Å²) >= 11 is 3.14. The number of ether oxygens (including phenoxy) is 1. The highest BCUT2D eigenvalue weighted by atomic mass is 32.1. The zero-order valence-electron chi connectivity index (χ0n) is 14.1. The van der Waals surface area contributed by atoms with Gasteiger partial charge in [0.15, 0.2) is 5.75 Å². The Balaban J connectivity index is 1.74. The van der Waals surface area contributed by atoms with Crippen molar-refractivity contribution in [2.75, 3.05) is 12.0 Å². The number of hydrogen-bond acceptors (Lipinski definition) is 8. The third kappa shape index (κ3) is 4.06. The van der Waals surface area contributed by atoms with E-state index in [1.54, 1.807) is 30.4 Å². The van der Waals surface area contributed by atoms with E-state index in [0.29, 0.717) is 17.3 Å². The van der Waals surface area contributed by atoms with Crippen molar-refractivity contribution in [2.45, 2.75) is 13.8 Å². The SMILES string of the molecule is CCOc1ccc(/C=N\Nc2nc(-c3cccs3)c(C)s2)cc1[N+](=O)[O-]. The third-order valence-corrected chi connectivity index (χ3v) is 5.16. The molecule has 0 aliphatic carbocycles. The number of hydrogen-bond donors (Lipinski definition) is 1. The van der Waals surface area contributed by atoms with Gasteiger partial charge in [0.05, 0.1) is 28.3 Å². The van der Waals surface area contributed by atoms with E-state index >= 15 is 0 Å². The van der Waals surface area contributed by atoms with Crippen LogP contribution in [0.4, 0.5) is 10.8 Å². The van der Waals surface area contributed by atoms with Crippen molar-refractivity contribution in [1.29, 1.82) is 0 Å². The number of benzene rings is 1. The van der Waals surface area contributed by atoms with Crippen molar-refractivity contribution in [1.82, 2.24) is 4.98 Å². The molecule has 1 N–H and O–H groups in total. The van der Waals surface area contributed by atoms with E-state index in [0.717, 1.165) is 15.4 Å². The van der Waals surface area contributed by atoms with Gasteiger partial charge >= 0.3 is 5.69 Å². The molecule has 0 unspecified atom stereocenters. The number of nitro groups is 1. The summed E-state index contributed by atoms with van der Waals surface area (Å²) in [4.78, 5) is 17.4. The number of aryl methyl sites for hydroxylation is 1. The van der Waals surface area contributed by atoms with Crippen molar-refractivity contribution >= 4 is 39.7 Å². The molecule has 0 saturated heterocycles. The summed E-state index contributed by atoms with van der Waals surface area (Å²) in [6.07, 6.45) is 1.52. The summed E-state index contributed by atoms with van der Waals surface area (Å²) in [7, 11) is 0. The van der Waals surface area contributed by atoms with Crippen LogP contribution in [-0.2, 0) is 0 Å². The number of nitro benzene ring substituents is 1. The fourth-order valence-corrected chi connectivity index (χ4v) is 3.90. The van der Waals surface area contributed by atoms with Crippen LogP contribution in [-0.4, -0.2) is 22.7 Å². The molecule has 2 heterocycles. The van der Waals surface area contributed by atoms with E-state index in [-0.39, 0.29) is 11.4 Å². The number of aromatic nitrogens is 1. The van der Waals surface area contributed by atoms with Gasteiger partial charge in [-0.05, 0) is 37.4 Å². The van der Waals surface area contributed by atoms with Crippen molar-refractivity contribution in [2.24, 2.45) is 5.10 Å². The van der Waals surface area contributed by atoms with Crippen molar-refractivity contribution in [3.05, 3.63) is 56.3 Å². The van der Waals surface area contributed by atoms with E-state index in [9.17, 15) is 10.1 Å². The smallest absolute Gasteiger partial charge is 0.311 e. The van der Waals surface area contributed by atoms with Gasteiger partial charge in [-0.3, -0.25) is 15.5 Å². The largest absolute Gasteiger partial charge is 0.487 e. The summed E-state index contributed by atoms with van der Waals surface area (Å²) in [5.41, 5.74) is 4.34. The third-order valence-electron chi connectivity index (χ3n) is 3.40. The molecule has 3 aromatic rings. The minimum Gasteiger partial charge on any atom is -0.487 e. The lowest BCUT2D eigenvalue weighted by atomic mass is 10.2. The van der Waals surface area contributed by atoms with Crippen LogP contribution in [0.3, 0.4) is 0 Å². The van der Waals surface area contributed by atoms with Crippen LogP contribution < -0.4 is 10.2 Å². The molecule has 0 aliphatic rings. The second-order valence-corrected chi connectivity index (χ2v) is 7.34. The molecule has 3 rings (SSSR count). The van der Waals surface area contributed by atoms with Gasteiger partial charge < -0.3 is 4.74 Å². The van der Waals surface area contributed by atoms with E-state index in [4.69, 9.17) is 4.74 Å². The van der Waals surface area contributed by atoms with Crippen molar-refractivity contribution < 1.29 is 9.66 Å². The first-order valence-electron chi connectivity index (χ1n) is 7.80. The average molecular weight is 388 g/mol. The maximum absolute atomic E-state index is 11.2.